The van der Waals surface area contributed by atoms with Crippen LogP contribution >= 0.6 is 0 Å². The molecular weight excluding hydrogens is 433 g/mol. The molecule has 1 aromatic heterocycles. The van der Waals surface area contributed by atoms with Gasteiger partial charge in [0.05, 0.1) is 11.9 Å². The SMILES string of the molecule is Cc1cccc(NC(=O)Nc2ccc(N3CCCN(C(=O)c4ccc(F)cc4)CC3)nc2)c1C. The number of aryl methyl sites for hydroxylation is 1. The highest BCUT2D eigenvalue weighted by Gasteiger charge is 2.21. The third-order valence-electron chi connectivity index (χ3n) is 6.06. The third-order valence-corrected chi connectivity index (χ3v) is 6.06. The number of carbonyl (C=O) groups is 2. The monoisotopic (exact) mass is 461 g/mol. The van der Waals surface area contributed by atoms with Gasteiger partial charge in [-0.3, -0.25) is 4.79 Å². The molecule has 0 bridgehead atoms. The van der Waals surface area contributed by atoms with Crippen molar-refractivity contribution in [2.75, 3.05) is 41.7 Å². The summed E-state index contributed by atoms with van der Waals surface area (Å²) in [4.78, 5) is 33.6. The average molecular weight is 462 g/mol. The molecule has 0 radical (unpaired) electrons. The van der Waals surface area contributed by atoms with Gasteiger partial charge in [0.15, 0.2) is 0 Å². The minimum Gasteiger partial charge on any atom is -0.355 e. The largest absolute Gasteiger partial charge is 0.355 e. The maximum atomic E-state index is 13.2. The van der Waals surface area contributed by atoms with Crippen molar-refractivity contribution in [1.82, 2.24) is 9.88 Å². The van der Waals surface area contributed by atoms with Gasteiger partial charge in [0.2, 0.25) is 0 Å². The van der Waals surface area contributed by atoms with Gasteiger partial charge in [-0.15, -0.1) is 0 Å². The van der Waals surface area contributed by atoms with E-state index in [0.29, 0.717) is 30.9 Å². The first-order valence-electron chi connectivity index (χ1n) is 11.3. The maximum Gasteiger partial charge on any atom is 0.323 e. The Morgan fingerprint density at radius 2 is 1.71 bits per heavy atom. The second-order valence-electron chi connectivity index (χ2n) is 8.37. The second kappa shape index (κ2) is 10.3. The van der Waals surface area contributed by atoms with Crippen LogP contribution in [0.25, 0.3) is 0 Å². The molecule has 3 aromatic rings. The maximum absolute atomic E-state index is 13.2. The van der Waals surface area contributed by atoms with Gasteiger partial charge in [-0.1, -0.05) is 12.1 Å². The third kappa shape index (κ3) is 5.51. The van der Waals surface area contributed by atoms with Gasteiger partial charge in [0, 0.05) is 37.4 Å². The number of hydrogen-bond acceptors (Lipinski definition) is 4. The van der Waals surface area contributed by atoms with Gasteiger partial charge in [-0.25, -0.2) is 14.2 Å². The number of anilines is 3. The number of amides is 3. The summed E-state index contributed by atoms with van der Waals surface area (Å²) in [6.45, 7) is 6.56. The molecule has 8 heteroatoms. The van der Waals surface area contributed by atoms with E-state index in [-0.39, 0.29) is 17.8 Å². The smallest absolute Gasteiger partial charge is 0.323 e. The van der Waals surface area contributed by atoms with E-state index in [4.69, 9.17) is 0 Å². The van der Waals surface area contributed by atoms with Gasteiger partial charge in [0.25, 0.3) is 5.91 Å². The van der Waals surface area contributed by atoms with Crippen LogP contribution in [0.3, 0.4) is 0 Å². The Balaban J connectivity index is 1.33. The normalized spacial score (nSPS) is 13.9. The number of rotatable bonds is 4. The molecule has 0 unspecified atom stereocenters. The second-order valence-corrected chi connectivity index (χ2v) is 8.37. The molecule has 1 aliphatic heterocycles. The first-order valence-corrected chi connectivity index (χ1v) is 11.3. The molecule has 0 saturated carbocycles. The minimum atomic E-state index is -0.356. The zero-order chi connectivity index (χ0) is 24.1. The predicted octanol–water partition coefficient (Wildman–Crippen LogP) is 4.83. The molecule has 2 aromatic carbocycles. The highest BCUT2D eigenvalue weighted by molar-refractivity contribution is 6.00. The van der Waals surface area contributed by atoms with Crippen LogP contribution in [0.1, 0.15) is 27.9 Å². The highest BCUT2D eigenvalue weighted by atomic mass is 19.1. The highest BCUT2D eigenvalue weighted by Crippen LogP contribution is 2.20. The standard InChI is InChI=1S/C26H28FN5O2/c1-18-5-3-6-23(19(18)2)30-26(34)29-22-11-12-24(28-17-22)31-13-4-14-32(16-15-31)25(33)20-7-9-21(27)10-8-20/h3,5-12,17H,4,13-16H2,1-2H3,(H2,29,30,34). The van der Waals surface area contributed by atoms with E-state index in [1.807, 2.05) is 44.2 Å². The molecule has 34 heavy (non-hydrogen) atoms. The number of nitrogens with one attached hydrogen (secondary N) is 2. The number of hydrogen-bond donors (Lipinski definition) is 2. The lowest BCUT2D eigenvalue weighted by atomic mass is 10.1. The number of pyridine rings is 1. The van der Waals surface area contributed by atoms with Gasteiger partial charge in [-0.2, -0.15) is 0 Å². The summed E-state index contributed by atoms with van der Waals surface area (Å²) in [6, 6.07) is 14.8. The summed E-state index contributed by atoms with van der Waals surface area (Å²) >= 11 is 0. The van der Waals surface area contributed by atoms with E-state index in [0.717, 1.165) is 35.6 Å². The molecule has 1 saturated heterocycles. The first kappa shape index (κ1) is 23.2. The lowest BCUT2D eigenvalue weighted by Crippen LogP contribution is -2.35. The molecule has 2 N–H and O–H groups in total. The van der Waals surface area contributed by atoms with Crippen LogP contribution in [-0.2, 0) is 0 Å². The molecular formula is C26H28FN5O2. The van der Waals surface area contributed by atoms with Crippen LogP contribution in [0.5, 0.6) is 0 Å². The van der Waals surface area contributed by atoms with Crippen LogP contribution < -0.4 is 15.5 Å². The Hall–Kier alpha value is -3.94. The number of urea groups is 1. The first-order chi connectivity index (χ1) is 16.4. The zero-order valence-electron chi connectivity index (χ0n) is 19.3. The topological polar surface area (TPSA) is 77.6 Å². The number of carbonyl (C=O) groups excluding carboxylic acids is 2. The zero-order valence-corrected chi connectivity index (χ0v) is 19.3. The van der Waals surface area contributed by atoms with E-state index in [9.17, 15) is 14.0 Å². The molecule has 1 fully saturated rings. The summed E-state index contributed by atoms with van der Waals surface area (Å²) in [5.41, 5.74) is 3.99. The molecule has 2 heterocycles. The summed E-state index contributed by atoms with van der Waals surface area (Å²) in [5, 5.41) is 5.68. The van der Waals surface area contributed by atoms with Crippen molar-refractivity contribution in [2.24, 2.45) is 0 Å². The van der Waals surface area contributed by atoms with Crippen molar-refractivity contribution >= 4 is 29.1 Å². The van der Waals surface area contributed by atoms with Gasteiger partial charge < -0.3 is 20.4 Å². The quantitative estimate of drug-likeness (QED) is 0.583. The van der Waals surface area contributed by atoms with E-state index < -0.39 is 0 Å². The lowest BCUT2D eigenvalue weighted by Gasteiger charge is -2.23. The molecule has 3 amide bonds. The van der Waals surface area contributed by atoms with Crippen LogP contribution in [-0.4, -0.2) is 48.0 Å². The molecule has 0 spiro atoms. The molecule has 1 aliphatic rings. The fourth-order valence-electron chi connectivity index (χ4n) is 3.94. The van der Waals surface area contributed by atoms with Crippen molar-refractivity contribution in [3.8, 4) is 0 Å². The van der Waals surface area contributed by atoms with Crippen molar-refractivity contribution in [2.45, 2.75) is 20.3 Å². The summed E-state index contributed by atoms with van der Waals surface area (Å²) in [5.74, 6) is 0.339. The molecule has 176 valence electrons. The number of benzene rings is 2. The molecule has 4 rings (SSSR count). The Kier molecular flexibility index (Phi) is 7.06. The molecule has 7 nitrogen and oxygen atoms in total. The number of nitrogens with zero attached hydrogens (tertiary/aromatic N) is 3. The molecule has 0 atom stereocenters. The van der Waals surface area contributed by atoms with Crippen LogP contribution in [0.2, 0.25) is 0 Å². The van der Waals surface area contributed by atoms with Crippen molar-refractivity contribution in [1.29, 1.82) is 0 Å². The van der Waals surface area contributed by atoms with Crippen LogP contribution in [0, 0.1) is 19.7 Å². The minimum absolute atomic E-state index is 0.0933. The van der Waals surface area contributed by atoms with E-state index in [1.165, 1.54) is 24.3 Å². The summed E-state index contributed by atoms with van der Waals surface area (Å²) < 4.78 is 13.2. The number of aromatic nitrogens is 1. The van der Waals surface area contributed by atoms with Gasteiger partial charge >= 0.3 is 6.03 Å². The van der Waals surface area contributed by atoms with Gasteiger partial charge in [-0.05, 0) is 73.9 Å². The molecule has 0 aliphatic carbocycles. The Morgan fingerprint density at radius 1 is 0.912 bits per heavy atom. The van der Waals surface area contributed by atoms with Crippen molar-refractivity contribution < 1.29 is 14.0 Å². The number of halogens is 1. The van der Waals surface area contributed by atoms with Gasteiger partial charge in [0.1, 0.15) is 11.6 Å². The summed E-state index contributed by atoms with van der Waals surface area (Å²) in [7, 11) is 0. The van der Waals surface area contributed by atoms with Crippen LogP contribution in [0.15, 0.2) is 60.8 Å². The van der Waals surface area contributed by atoms with Crippen molar-refractivity contribution in [3.63, 3.8) is 0 Å². The Morgan fingerprint density at radius 3 is 2.44 bits per heavy atom. The van der Waals surface area contributed by atoms with E-state index in [2.05, 4.69) is 20.5 Å². The predicted molar refractivity (Wildman–Crippen MR) is 132 cm³/mol. The van der Waals surface area contributed by atoms with Crippen LogP contribution in [0.4, 0.5) is 26.4 Å². The Labute approximate surface area is 198 Å². The van der Waals surface area contributed by atoms with Crippen molar-refractivity contribution in [3.05, 3.63) is 83.3 Å². The Bertz CT molecular complexity index is 1160. The summed E-state index contributed by atoms with van der Waals surface area (Å²) in [6.07, 6.45) is 2.43. The van der Waals surface area contributed by atoms with E-state index in [1.54, 1.807) is 11.1 Å². The fraction of sp³-hybridized carbons (Fsp3) is 0.269. The lowest BCUT2D eigenvalue weighted by molar-refractivity contribution is 0.0767. The average Bonchev–Trinajstić information content (AvgIpc) is 3.09. The van der Waals surface area contributed by atoms with E-state index >= 15 is 0 Å². The fourth-order valence-corrected chi connectivity index (χ4v) is 3.94.